The van der Waals surface area contributed by atoms with Crippen LogP contribution in [0.3, 0.4) is 0 Å². The highest BCUT2D eigenvalue weighted by Crippen LogP contribution is 2.26. The van der Waals surface area contributed by atoms with Gasteiger partial charge in [0.05, 0.1) is 26.3 Å². The van der Waals surface area contributed by atoms with Crippen LogP contribution < -0.4 is 14.8 Å². The molecular formula is C36H43N5O9. The standard InChI is InChI=1S/C36H43N5O9/c1-3-46-32(42)24-48-28-16-10-11-25(21-28)22-30(35(44)40-17-19-41(20-18-40)50-36(45)47-4-2)38-34(43)29-23-31(49-27-14-8-9-15-27)39-33(37-29)26-12-6-5-7-13-26/h5-7,10-13,16,21,23,27,30H,3-4,8-9,14-15,17-20,22,24H2,1-2H3,(H,38,43). The first kappa shape index (κ1) is 36.1. The molecule has 5 rings (SSSR count). The number of hydrogen-bond acceptors (Lipinski definition) is 12. The van der Waals surface area contributed by atoms with E-state index in [1.54, 1.807) is 43.0 Å². The number of rotatable bonds is 14. The highest BCUT2D eigenvalue weighted by atomic mass is 16.8. The summed E-state index contributed by atoms with van der Waals surface area (Å²) in [4.78, 5) is 67.7. The monoisotopic (exact) mass is 689 g/mol. The van der Waals surface area contributed by atoms with Gasteiger partial charge in [0, 0.05) is 31.1 Å². The molecule has 2 amide bonds. The number of carbonyl (C=O) groups excluding carboxylic acids is 4. The molecule has 0 spiro atoms. The number of hydrogen-bond donors (Lipinski definition) is 1. The molecule has 3 aromatic rings. The third kappa shape index (κ3) is 10.4. The molecule has 266 valence electrons. The third-order valence-corrected chi connectivity index (χ3v) is 8.18. The highest BCUT2D eigenvalue weighted by molar-refractivity contribution is 5.96. The molecule has 2 fully saturated rings. The summed E-state index contributed by atoms with van der Waals surface area (Å²) in [7, 11) is 0. The molecule has 2 aliphatic rings. The fourth-order valence-corrected chi connectivity index (χ4v) is 5.74. The predicted molar refractivity (Wildman–Crippen MR) is 180 cm³/mol. The predicted octanol–water partition coefficient (Wildman–Crippen LogP) is 3.98. The molecule has 14 heteroatoms. The van der Waals surface area contributed by atoms with Gasteiger partial charge in [0.25, 0.3) is 5.91 Å². The molecule has 14 nitrogen and oxygen atoms in total. The van der Waals surface area contributed by atoms with E-state index in [0.29, 0.717) is 28.6 Å². The number of nitrogens with one attached hydrogen (secondary N) is 1. The Hall–Kier alpha value is -5.24. The van der Waals surface area contributed by atoms with Gasteiger partial charge in [0.15, 0.2) is 12.4 Å². The number of aromatic nitrogens is 2. The van der Waals surface area contributed by atoms with Crippen LogP contribution in [0.1, 0.15) is 55.6 Å². The van der Waals surface area contributed by atoms with Gasteiger partial charge in [-0.2, -0.15) is 4.98 Å². The number of esters is 1. The lowest BCUT2D eigenvalue weighted by Gasteiger charge is -2.35. The van der Waals surface area contributed by atoms with Gasteiger partial charge in [0.1, 0.15) is 23.6 Å². The first-order valence-corrected chi connectivity index (χ1v) is 17.0. The molecular weight excluding hydrogens is 646 g/mol. The minimum absolute atomic E-state index is 0.00330. The van der Waals surface area contributed by atoms with Crippen molar-refractivity contribution in [1.82, 2.24) is 25.2 Å². The maximum Gasteiger partial charge on any atom is 0.527 e. The van der Waals surface area contributed by atoms with Crippen molar-refractivity contribution in [2.45, 2.75) is 58.1 Å². The van der Waals surface area contributed by atoms with Crippen LogP contribution >= 0.6 is 0 Å². The van der Waals surface area contributed by atoms with Crippen LogP contribution in [0.4, 0.5) is 4.79 Å². The summed E-state index contributed by atoms with van der Waals surface area (Å²) in [5.74, 6) is -0.360. The van der Waals surface area contributed by atoms with Crippen molar-refractivity contribution in [1.29, 1.82) is 0 Å². The number of hydroxylamine groups is 2. The first-order chi connectivity index (χ1) is 24.3. The Morgan fingerprint density at radius 3 is 2.34 bits per heavy atom. The third-order valence-electron chi connectivity index (χ3n) is 8.18. The number of ether oxygens (including phenoxy) is 4. The molecule has 2 aromatic carbocycles. The Labute approximate surface area is 291 Å². The van der Waals surface area contributed by atoms with E-state index in [-0.39, 0.29) is 70.1 Å². The number of nitrogens with zero attached hydrogens (tertiary/aromatic N) is 4. The summed E-state index contributed by atoms with van der Waals surface area (Å²) < 4.78 is 21.6. The number of benzene rings is 2. The Balaban J connectivity index is 1.37. The molecule has 0 bridgehead atoms. The van der Waals surface area contributed by atoms with E-state index in [2.05, 4.69) is 15.3 Å². The molecule has 1 unspecified atom stereocenters. The SMILES string of the molecule is CCOC(=O)COc1cccc(CC(NC(=O)c2cc(OC3CCCC3)nc(-c3ccccc3)n2)C(=O)N2CCN(OC(=O)OCC)CC2)c1. The molecule has 1 aliphatic carbocycles. The second-order valence-electron chi connectivity index (χ2n) is 11.8. The summed E-state index contributed by atoms with van der Waals surface area (Å²) in [6.45, 7) is 4.57. The fraction of sp³-hybridized carbons (Fsp3) is 0.444. The smallest absolute Gasteiger partial charge is 0.482 e. The van der Waals surface area contributed by atoms with Crippen molar-refractivity contribution in [3.63, 3.8) is 0 Å². The molecule has 1 atom stereocenters. The summed E-state index contributed by atoms with van der Waals surface area (Å²) in [5.41, 5.74) is 1.46. The van der Waals surface area contributed by atoms with Crippen LogP contribution in [0, 0.1) is 0 Å². The van der Waals surface area contributed by atoms with Crippen molar-refractivity contribution in [3.05, 3.63) is 71.9 Å². The van der Waals surface area contributed by atoms with E-state index in [4.69, 9.17) is 23.8 Å². The maximum absolute atomic E-state index is 14.1. The van der Waals surface area contributed by atoms with E-state index in [0.717, 1.165) is 25.7 Å². The van der Waals surface area contributed by atoms with Crippen LogP contribution in [0.25, 0.3) is 11.4 Å². The summed E-state index contributed by atoms with van der Waals surface area (Å²) >= 11 is 0. The van der Waals surface area contributed by atoms with E-state index >= 15 is 0 Å². The zero-order valence-corrected chi connectivity index (χ0v) is 28.4. The topological polar surface area (TPSA) is 159 Å². The van der Waals surface area contributed by atoms with Crippen LogP contribution in [0.5, 0.6) is 11.6 Å². The van der Waals surface area contributed by atoms with E-state index in [1.807, 2.05) is 30.3 Å². The van der Waals surface area contributed by atoms with Gasteiger partial charge < -0.3 is 34.0 Å². The van der Waals surface area contributed by atoms with Gasteiger partial charge in [-0.15, -0.1) is 5.06 Å². The van der Waals surface area contributed by atoms with Crippen molar-refractivity contribution < 1.29 is 43.0 Å². The number of amides is 2. The average Bonchev–Trinajstić information content (AvgIpc) is 3.64. The normalized spacial score (nSPS) is 15.5. The Bertz CT molecular complexity index is 1610. The molecule has 1 aliphatic heterocycles. The molecule has 2 heterocycles. The largest absolute Gasteiger partial charge is 0.527 e. The number of carbonyl (C=O) groups is 4. The minimum atomic E-state index is -1.00. The van der Waals surface area contributed by atoms with E-state index in [9.17, 15) is 19.2 Å². The van der Waals surface area contributed by atoms with Crippen LogP contribution in [-0.2, 0) is 30.3 Å². The van der Waals surface area contributed by atoms with Gasteiger partial charge in [-0.3, -0.25) is 9.59 Å². The average molecular weight is 690 g/mol. The van der Waals surface area contributed by atoms with Gasteiger partial charge in [-0.1, -0.05) is 42.5 Å². The van der Waals surface area contributed by atoms with E-state index in [1.165, 1.54) is 11.1 Å². The lowest BCUT2D eigenvalue weighted by molar-refractivity contribution is -0.157. The van der Waals surface area contributed by atoms with Crippen LogP contribution in [0.15, 0.2) is 60.7 Å². The van der Waals surface area contributed by atoms with Crippen molar-refractivity contribution >= 4 is 23.9 Å². The summed E-state index contributed by atoms with van der Waals surface area (Å²) in [6, 6.07) is 16.8. The molecule has 1 aromatic heterocycles. The molecule has 0 radical (unpaired) electrons. The first-order valence-electron chi connectivity index (χ1n) is 17.0. The van der Waals surface area contributed by atoms with Crippen molar-refractivity contribution in [3.8, 4) is 23.0 Å². The minimum Gasteiger partial charge on any atom is -0.482 e. The van der Waals surface area contributed by atoms with Gasteiger partial charge >= 0.3 is 12.1 Å². The number of piperazine rings is 1. The zero-order valence-electron chi connectivity index (χ0n) is 28.4. The molecule has 1 N–H and O–H groups in total. The van der Waals surface area contributed by atoms with Crippen LogP contribution in [-0.4, -0.2) is 102 Å². The lowest BCUT2D eigenvalue weighted by atomic mass is 10.0. The highest BCUT2D eigenvalue weighted by Gasteiger charge is 2.31. The lowest BCUT2D eigenvalue weighted by Crippen LogP contribution is -2.55. The van der Waals surface area contributed by atoms with Gasteiger partial charge in [0.2, 0.25) is 11.8 Å². The Kier molecular flexibility index (Phi) is 12.9. The van der Waals surface area contributed by atoms with Crippen LogP contribution in [0.2, 0.25) is 0 Å². The second kappa shape index (κ2) is 18.0. The molecule has 50 heavy (non-hydrogen) atoms. The Morgan fingerprint density at radius 1 is 0.880 bits per heavy atom. The fourth-order valence-electron chi connectivity index (χ4n) is 5.74. The summed E-state index contributed by atoms with van der Waals surface area (Å²) in [5, 5.41) is 4.36. The summed E-state index contributed by atoms with van der Waals surface area (Å²) in [6.07, 6.45) is 3.25. The van der Waals surface area contributed by atoms with Gasteiger partial charge in [-0.05, 0) is 57.2 Å². The van der Waals surface area contributed by atoms with E-state index < -0.39 is 24.1 Å². The van der Waals surface area contributed by atoms with Gasteiger partial charge in [-0.25, -0.2) is 14.6 Å². The second-order valence-corrected chi connectivity index (χ2v) is 11.8. The zero-order chi connectivity index (χ0) is 35.3. The van der Waals surface area contributed by atoms with Crippen molar-refractivity contribution in [2.24, 2.45) is 0 Å². The quantitative estimate of drug-likeness (QED) is 0.243. The maximum atomic E-state index is 14.1. The molecule has 1 saturated heterocycles. The molecule has 1 saturated carbocycles. The van der Waals surface area contributed by atoms with Crippen molar-refractivity contribution in [2.75, 3.05) is 46.0 Å². The Morgan fingerprint density at radius 2 is 1.62 bits per heavy atom.